The van der Waals surface area contributed by atoms with Gasteiger partial charge in [0.1, 0.15) is 0 Å². The highest BCUT2D eigenvalue weighted by atomic mass is 16.5. The summed E-state index contributed by atoms with van der Waals surface area (Å²) in [5, 5.41) is 1.09. The van der Waals surface area contributed by atoms with Crippen LogP contribution in [0.25, 0.3) is 10.9 Å². The maximum atomic E-state index is 11.5. The maximum Gasteiger partial charge on any atom is 0.234 e. The zero-order chi connectivity index (χ0) is 15.2. The van der Waals surface area contributed by atoms with Gasteiger partial charge < -0.3 is 10.5 Å². The normalized spacial score (nSPS) is 12.7. The highest BCUT2D eigenvalue weighted by molar-refractivity contribution is 5.82. The fraction of sp³-hybridized carbons (Fsp3) is 0.375. The molecule has 0 bridgehead atoms. The number of hydrogen-bond acceptors (Lipinski definition) is 4. The van der Waals surface area contributed by atoms with Gasteiger partial charge in [0.2, 0.25) is 5.91 Å². The molecule has 1 atom stereocenters. The largest absolute Gasteiger partial charge is 0.383 e. The van der Waals surface area contributed by atoms with E-state index in [9.17, 15) is 4.79 Å². The molecule has 0 aliphatic rings. The molecule has 0 saturated carbocycles. The zero-order valence-electron chi connectivity index (χ0n) is 12.5. The first-order valence-corrected chi connectivity index (χ1v) is 6.98. The summed E-state index contributed by atoms with van der Waals surface area (Å²) in [6, 6.07) is 9.66. The standard InChI is InChI=1S/C16H21N3O2/c1-12(16(17)20)19(9-10-21-2)11-14-6-3-5-13-7-4-8-18-15(13)14/h3-8,12H,9-11H2,1-2H3,(H2,17,20). The molecule has 0 aliphatic carbocycles. The Morgan fingerprint density at radius 3 is 2.86 bits per heavy atom. The molecule has 1 amide bonds. The highest BCUT2D eigenvalue weighted by Crippen LogP contribution is 2.18. The van der Waals surface area contributed by atoms with Crippen LogP contribution in [0, 0.1) is 0 Å². The molecule has 0 fully saturated rings. The quantitative estimate of drug-likeness (QED) is 0.839. The lowest BCUT2D eigenvalue weighted by Gasteiger charge is -2.27. The van der Waals surface area contributed by atoms with Crippen molar-refractivity contribution in [3.05, 3.63) is 42.1 Å². The molecule has 5 nitrogen and oxygen atoms in total. The summed E-state index contributed by atoms with van der Waals surface area (Å²) in [5.74, 6) is -0.334. The van der Waals surface area contributed by atoms with Gasteiger partial charge in [-0.1, -0.05) is 24.3 Å². The van der Waals surface area contributed by atoms with E-state index in [0.717, 1.165) is 16.5 Å². The second-order valence-electron chi connectivity index (χ2n) is 5.03. The van der Waals surface area contributed by atoms with Crippen LogP contribution in [-0.2, 0) is 16.1 Å². The molecule has 0 aliphatic heterocycles. The topological polar surface area (TPSA) is 68.4 Å². The summed E-state index contributed by atoms with van der Waals surface area (Å²) in [5.41, 5.74) is 7.48. The lowest BCUT2D eigenvalue weighted by molar-refractivity contribution is -0.123. The summed E-state index contributed by atoms with van der Waals surface area (Å²) >= 11 is 0. The Morgan fingerprint density at radius 1 is 1.38 bits per heavy atom. The molecular weight excluding hydrogens is 266 g/mol. The number of primary amides is 1. The number of hydrogen-bond donors (Lipinski definition) is 1. The number of benzene rings is 1. The van der Waals surface area contributed by atoms with E-state index in [1.165, 1.54) is 0 Å². The lowest BCUT2D eigenvalue weighted by atomic mass is 10.1. The Labute approximate surface area is 124 Å². The Bertz CT molecular complexity index is 610. The van der Waals surface area contributed by atoms with Crippen LogP contribution in [0.3, 0.4) is 0 Å². The Balaban J connectivity index is 2.27. The van der Waals surface area contributed by atoms with Gasteiger partial charge in [0.15, 0.2) is 0 Å². The van der Waals surface area contributed by atoms with E-state index in [4.69, 9.17) is 10.5 Å². The van der Waals surface area contributed by atoms with Crippen molar-refractivity contribution in [2.75, 3.05) is 20.3 Å². The zero-order valence-corrected chi connectivity index (χ0v) is 12.5. The number of carbonyl (C=O) groups excluding carboxylic acids is 1. The van der Waals surface area contributed by atoms with Crippen LogP contribution in [0.1, 0.15) is 12.5 Å². The molecule has 1 heterocycles. The molecule has 1 aromatic carbocycles. The van der Waals surface area contributed by atoms with Crippen molar-refractivity contribution in [2.24, 2.45) is 5.73 Å². The lowest BCUT2D eigenvalue weighted by Crippen LogP contribution is -2.43. The molecule has 1 aromatic heterocycles. The first-order chi connectivity index (χ1) is 10.1. The molecule has 0 radical (unpaired) electrons. The van der Waals surface area contributed by atoms with Crippen molar-refractivity contribution in [1.29, 1.82) is 0 Å². The molecule has 2 aromatic rings. The van der Waals surface area contributed by atoms with Crippen molar-refractivity contribution >= 4 is 16.8 Å². The third-order valence-electron chi connectivity index (χ3n) is 3.63. The molecule has 5 heteroatoms. The Hall–Kier alpha value is -1.98. The number of nitrogens with zero attached hydrogens (tertiary/aromatic N) is 2. The first-order valence-electron chi connectivity index (χ1n) is 6.98. The number of methoxy groups -OCH3 is 1. The first kappa shape index (κ1) is 15.4. The molecule has 21 heavy (non-hydrogen) atoms. The number of ether oxygens (including phenoxy) is 1. The van der Waals surface area contributed by atoms with E-state index in [1.54, 1.807) is 13.3 Å². The van der Waals surface area contributed by atoms with Crippen molar-refractivity contribution < 1.29 is 9.53 Å². The van der Waals surface area contributed by atoms with Gasteiger partial charge in [-0.15, -0.1) is 0 Å². The van der Waals surface area contributed by atoms with Crippen molar-refractivity contribution in [2.45, 2.75) is 19.5 Å². The Morgan fingerprint density at radius 2 is 2.14 bits per heavy atom. The van der Waals surface area contributed by atoms with E-state index in [1.807, 2.05) is 42.2 Å². The average molecular weight is 287 g/mol. The molecule has 112 valence electrons. The van der Waals surface area contributed by atoms with Crippen molar-refractivity contribution in [3.8, 4) is 0 Å². The van der Waals surface area contributed by atoms with Crippen LogP contribution in [-0.4, -0.2) is 42.1 Å². The number of rotatable bonds is 7. The maximum absolute atomic E-state index is 11.5. The molecule has 2 rings (SSSR count). The van der Waals surface area contributed by atoms with Gasteiger partial charge in [-0.3, -0.25) is 14.7 Å². The van der Waals surface area contributed by atoms with Crippen LogP contribution < -0.4 is 5.73 Å². The van der Waals surface area contributed by atoms with Gasteiger partial charge >= 0.3 is 0 Å². The third-order valence-corrected chi connectivity index (χ3v) is 3.63. The van der Waals surface area contributed by atoms with Gasteiger partial charge in [0.25, 0.3) is 0 Å². The van der Waals surface area contributed by atoms with E-state index >= 15 is 0 Å². The third kappa shape index (κ3) is 3.77. The fourth-order valence-electron chi connectivity index (χ4n) is 2.31. The molecule has 0 saturated heterocycles. The monoisotopic (exact) mass is 287 g/mol. The number of aromatic nitrogens is 1. The van der Waals surface area contributed by atoms with Crippen molar-refractivity contribution in [1.82, 2.24) is 9.88 Å². The predicted molar refractivity (Wildman–Crippen MR) is 82.7 cm³/mol. The number of pyridine rings is 1. The minimum absolute atomic E-state index is 0.334. The smallest absolute Gasteiger partial charge is 0.234 e. The van der Waals surface area contributed by atoms with Crippen LogP contribution in [0.15, 0.2) is 36.5 Å². The number of nitrogens with two attached hydrogens (primary N) is 1. The van der Waals surface area contributed by atoms with Gasteiger partial charge in [-0.05, 0) is 18.6 Å². The van der Waals surface area contributed by atoms with Crippen LogP contribution in [0.5, 0.6) is 0 Å². The predicted octanol–water partition coefficient (Wildman–Crippen LogP) is 1.56. The van der Waals surface area contributed by atoms with Crippen LogP contribution in [0.2, 0.25) is 0 Å². The average Bonchev–Trinajstić information content (AvgIpc) is 2.50. The van der Waals surface area contributed by atoms with Gasteiger partial charge in [-0.2, -0.15) is 0 Å². The SMILES string of the molecule is COCCN(Cc1cccc2cccnc12)C(C)C(N)=O. The van der Waals surface area contributed by atoms with Gasteiger partial charge in [-0.25, -0.2) is 0 Å². The Kier molecular flexibility index (Phi) is 5.25. The minimum atomic E-state index is -0.348. The van der Waals surface area contributed by atoms with Crippen LogP contribution >= 0.6 is 0 Å². The molecule has 2 N–H and O–H groups in total. The number of carbonyl (C=O) groups is 1. The summed E-state index contributed by atoms with van der Waals surface area (Å²) < 4.78 is 5.12. The number of para-hydroxylation sites is 1. The van der Waals surface area contributed by atoms with E-state index < -0.39 is 0 Å². The number of fused-ring (bicyclic) bond motifs is 1. The molecule has 0 spiro atoms. The summed E-state index contributed by atoms with van der Waals surface area (Å²) in [6.07, 6.45) is 1.78. The highest BCUT2D eigenvalue weighted by Gasteiger charge is 2.19. The number of amides is 1. The van der Waals surface area contributed by atoms with Crippen molar-refractivity contribution in [3.63, 3.8) is 0 Å². The van der Waals surface area contributed by atoms with Gasteiger partial charge in [0, 0.05) is 31.8 Å². The van der Waals surface area contributed by atoms with E-state index in [0.29, 0.717) is 19.7 Å². The molecule has 1 unspecified atom stereocenters. The summed E-state index contributed by atoms with van der Waals surface area (Å²) in [6.45, 7) is 3.62. The second-order valence-corrected chi connectivity index (χ2v) is 5.03. The summed E-state index contributed by atoms with van der Waals surface area (Å²) in [7, 11) is 1.65. The van der Waals surface area contributed by atoms with E-state index in [2.05, 4.69) is 4.98 Å². The van der Waals surface area contributed by atoms with Gasteiger partial charge in [0.05, 0.1) is 18.2 Å². The van der Waals surface area contributed by atoms with E-state index in [-0.39, 0.29) is 11.9 Å². The molecular formula is C16H21N3O2. The second kappa shape index (κ2) is 7.15. The fourth-order valence-corrected chi connectivity index (χ4v) is 2.31. The minimum Gasteiger partial charge on any atom is -0.383 e. The van der Waals surface area contributed by atoms with Crippen LogP contribution in [0.4, 0.5) is 0 Å². The summed E-state index contributed by atoms with van der Waals surface area (Å²) in [4.78, 5) is 17.9.